The molecule has 2 saturated heterocycles. The van der Waals surface area contributed by atoms with Gasteiger partial charge in [-0.25, -0.2) is 9.97 Å². The first-order valence-corrected chi connectivity index (χ1v) is 21.7. The number of rotatable bonds is 17. The fraction of sp³-hybridized carbons (Fsp3) is 0.457. The molecule has 0 radical (unpaired) electrons. The van der Waals surface area contributed by atoms with Crippen LogP contribution in [0.4, 0.5) is 30.4 Å². The predicted octanol–water partition coefficient (Wildman–Crippen LogP) is 7.22. The van der Waals surface area contributed by atoms with Gasteiger partial charge in [-0.05, 0) is 75.1 Å². The predicted molar refractivity (Wildman–Crippen MR) is 232 cm³/mol. The number of alkyl halides is 3. The first-order valence-electron chi connectivity index (χ1n) is 21.7. The highest BCUT2D eigenvalue weighted by molar-refractivity contribution is 6.06. The Labute approximate surface area is 368 Å². The number of methoxy groups -OCH3 is 1. The topological polar surface area (TPSA) is 198 Å². The molecule has 1 aromatic heterocycles. The summed E-state index contributed by atoms with van der Waals surface area (Å²) in [5.41, 5.74) is 7.54. The molecule has 5 N–H and O–H groups in total. The number of aryl methyl sites for hydroxylation is 1. The smallest absolute Gasteiger partial charge is 0.416 e. The molecule has 3 aliphatic rings. The van der Waals surface area contributed by atoms with Gasteiger partial charge < -0.3 is 35.6 Å². The van der Waals surface area contributed by atoms with Crippen LogP contribution in [0.25, 0.3) is 10.9 Å². The van der Waals surface area contributed by atoms with E-state index < -0.39 is 29.7 Å². The molecule has 5 amide bonds. The molecule has 3 atom stereocenters. The number of hydrogen-bond donors (Lipinski definition) is 4. The van der Waals surface area contributed by atoms with Crippen LogP contribution >= 0.6 is 0 Å². The lowest BCUT2D eigenvalue weighted by Crippen LogP contribution is -2.52. The summed E-state index contributed by atoms with van der Waals surface area (Å²) in [7, 11) is 1.52. The highest BCUT2D eigenvalue weighted by Gasteiger charge is 2.40. The van der Waals surface area contributed by atoms with Gasteiger partial charge in [0.1, 0.15) is 23.8 Å². The van der Waals surface area contributed by atoms with E-state index in [1.54, 1.807) is 44.2 Å². The van der Waals surface area contributed by atoms with E-state index in [4.69, 9.17) is 15.2 Å². The third kappa shape index (κ3) is 10.7. The number of nitrogens with two attached hydrogens (primary N) is 1. The van der Waals surface area contributed by atoms with Crippen LogP contribution in [0.1, 0.15) is 116 Å². The molecule has 4 aromatic rings. The molecule has 7 rings (SSSR count). The highest BCUT2D eigenvalue weighted by atomic mass is 19.4. The van der Waals surface area contributed by atoms with Crippen molar-refractivity contribution in [3.63, 3.8) is 0 Å². The Kier molecular flexibility index (Phi) is 13.9. The summed E-state index contributed by atoms with van der Waals surface area (Å²) in [6.07, 6.45) is 1.97. The van der Waals surface area contributed by atoms with Crippen LogP contribution < -0.4 is 31.2 Å². The van der Waals surface area contributed by atoms with Crippen LogP contribution in [0.2, 0.25) is 0 Å². The van der Waals surface area contributed by atoms with Gasteiger partial charge in [0.15, 0.2) is 11.5 Å². The normalized spacial score (nSPS) is 17.9. The quantitative estimate of drug-likeness (QED) is 0.0475. The van der Waals surface area contributed by atoms with Crippen LogP contribution in [-0.2, 0) is 31.9 Å². The van der Waals surface area contributed by atoms with Crippen molar-refractivity contribution in [2.45, 2.75) is 115 Å². The van der Waals surface area contributed by atoms with Crippen LogP contribution in [0.3, 0.4) is 0 Å². The molecular formula is C46H53F3N8O7. The molecule has 0 bridgehead atoms. The first kappa shape index (κ1) is 45.6. The minimum atomic E-state index is -4.55. The molecule has 0 saturated carbocycles. The summed E-state index contributed by atoms with van der Waals surface area (Å²) in [6, 6.07) is 10.7. The van der Waals surface area contributed by atoms with Crippen molar-refractivity contribution < 1.29 is 46.6 Å². The SMILES string of the molecule is COc1cc2nc(C)nc(N[C@H](C)c3cc(N)cc(C(F)(F)F)c3)c2cc1O[C@H]1CCN(C(=O)CCCCCCCCC(=O)Nc2cccc3c2CN(C2CCC(=O)NC2=O)C3=O)C1. The van der Waals surface area contributed by atoms with Crippen LogP contribution in [0.15, 0.2) is 48.5 Å². The summed E-state index contributed by atoms with van der Waals surface area (Å²) in [5, 5.41) is 9.05. The van der Waals surface area contributed by atoms with Crippen LogP contribution in [-0.4, -0.2) is 81.6 Å². The Bertz CT molecular complexity index is 2450. The minimum Gasteiger partial charge on any atom is -0.493 e. The maximum absolute atomic E-state index is 13.5. The van der Waals surface area contributed by atoms with E-state index in [-0.39, 0.29) is 54.8 Å². The number of anilines is 3. The maximum Gasteiger partial charge on any atom is 0.416 e. The number of carbonyl (C=O) groups is 5. The Morgan fingerprint density at radius 2 is 1.72 bits per heavy atom. The Hall–Kier alpha value is -6.46. The second-order valence-corrected chi connectivity index (χ2v) is 16.7. The van der Waals surface area contributed by atoms with E-state index in [1.165, 1.54) is 18.1 Å². The molecule has 15 nitrogen and oxygen atoms in total. The number of hydrogen-bond acceptors (Lipinski definition) is 11. The van der Waals surface area contributed by atoms with Crippen molar-refractivity contribution in [2.75, 3.05) is 36.6 Å². The highest BCUT2D eigenvalue weighted by Crippen LogP contribution is 2.38. The molecule has 2 fully saturated rings. The van der Waals surface area contributed by atoms with E-state index in [0.717, 1.165) is 44.2 Å². The maximum atomic E-state index is 13.5. The van der Waals surface area contributed by atoms with Crippen LogP contribution in [0, 0.1) is 6.92 Å². The van der Waals surface area contributed by atoms with Crippen molar-refractivity contribution in [1.29, 1.82) is 0 Å². The number of halogens is 3. The number of nitrogen functional groups attached to an aromatic ring is 1. The summed E-state index contributed by atoms with van der Waals surface area (Å²) in [6.45, 7) is 4.58. The number of unbranched alkanes of at least 4 members (excludes halogenated alkanes) is 5. The second kappa shape index (κ2) is 19.5. The van der Waals surface area contributed by atoms with Gasteiger partial charge in [0, 0.05) is 72.7 Å². The molecule has 1 unspecified atom stereocenters. The molecule has 3 aromatic carbocycles. The molecule has 64 heavy (non-hydrogen) atoms. The lowest BCUT2D eigenvalue weighted by molar-refractivity contribution is -0.138. The number of nitrogens with one attached hydrogen (secondary N) is 3. The summed E-state index contributed by atoms with van der Waals surface area (Å²) in [4.78, 5) is 75.5. The number of benzene rings is 3. The number of imide groups is 1. The lowest BCUT2D eigenvalue weighted by atomic mass is 10.0. The van der Waals surface area contributed by atoms with E-state index in [0.29, 0.717) is 95.2 Å². The number of carbonyl (C=O) groups excluding carboxylic acids is 5. The van der Waals surface area contributed by atoms with E-state index in [9.17, 15) is 37.1 Å². The zero-order chi connectivity index (χ0) is 45.7. The summed E-state index contributed by atoms with van der Waals surface area (Å²) in [5.74, 6) is 0.496. The van der Waals surface area contributed by atoms with Gasteiger partial charge >= 0.3 is 6.18 Å². The van der Waals surface area contributed by atoms with Crippen molar-refractivity contribution in [2.24, 2.45) is 0 Å². The van der Waals surface area contributed by atoms with Crippen molar-refractivity contribution >= 4 is 57.6 Å². The number of aromatic nitrogens is 2. The zero-order valence-corrected chi connectivity index (χ0v) is 36.1. The molecule has 3 aliphatic heterocycles. The van der Waals surface area contributed by atoms with Crippen molar-refractivity contribution in [3.8, 4) is 11.5 Å². The number of nitrogens with zero attached hydrogens (tertiary/aromatic N) is 4. The Morgan fingerprint density at radius 3 is 2.45 bits per heavy atom. The molecular weight excluding hydrogens is 834 g/mol. The summed E-state index contributed by atoms with van der Waals surface area (Å²) < 4.78 is 52.7. The van der Waals surface area contributed by atoms with Gasteiger partial charge in [0.2, 0.25) is 23.6 Å². The lowest BCUT2D eigenvalue weighted by Gasteiger charge is -2.29. The molecule has 18 heteroatoms. The van der Waals surface area contributed by atoms with Gasteiger partial charge in [-0.1, -0.05) is 31.7 Å². The van der Waals surface area contributed by atoms with Gasteiger partial charge in [0.05, 0.1) is 30.8 Å². The minimum absolute atomic E-state index is 0.00158. The number of amides is 5. The van der Waals surface area contributed by atoms with Crippen molar-refractivity contribution in [1.82, 2.24) is 25.1 Å². The fourth-order valence-electron chi connectivity index (χ4n) is 8.57. The molecule has 0 spiro atoms. The van der Waals surface area contributed by atoms with E-state index in [1.807, 2.05) is 4.90 Å². The zero-order valence-electron chi connectivity index (χ0n) is 36.1. The molecule has 0 aliphatic carbocycles. The van der Waals surface area contributed by atoms with Crippen molar-refractivity contribution in [3.05, 3.63) is 76.6 Å². The number of piperidine rings is 1. The Balaban J connectivity index is 0.833. The number of likely N-dealkylation sites (tertiary alicyclic amines) is 1. The van der Waals surface area contributed by atoms with Gasteiger partial charge in [-0.2, -0.15) is 13.2 Å². The fourth-order valence-corrected chi connectivity index (χ4v) is 8.57. The third-order valence-electron chi connectivity index (χ3n) is 11.9. The largest absolute Gasteiger partial charge is 0.493 e. The van der Waals surface area contributed by atoms with Gasteiger partial charge in [0.25, 0.3) is 5.91 Å². The average Bonchev–Trinajstić information content (AvgIpc) is 3.85. The number of ether oxygens (including phenoxy) is 2. The molecule has 4 heterocycles. The average molecular weight is 887 g/mol. The van der Waals surface area contributed by atoms with E-state index >= 15 is 0 Å². The van der Waals surface area contributed by atoms with Crippen LogP contribution in [0.5, 0.6) is 11.5 Å². The van der Waals surface area contributed by atoms with Gasteiger partial charge in [-0.3, -0.25) is 29.3 Å². The van der Waals surface area contributed by atoms with Gasteiger partial charge in [-0.15, -0.1) is 0 Å². The second-order valence-electron chi connectivity index (χ2n) is 16.7. The standard InChI is InChI=1S/C46H53F3N8O7/c1-26(28-19-29(46(47,48)49)21-30(50)20-28)51-43-33-22-39(38(63-3)23-36(33)52-27(2)53-43)64-31-17-18-56(24-31)42(60)14-9-7-5-4-6-8-13-40(58)54-35-12-10-11-32-34(35)25-57(45(32)62)37-15-16-41(59)55-44(37)61/h10-12,19-23,26,31,37H,4-9,13-18,24-25,50H2,1-3H3,(H,54,58)(H,51,52,53)(H,55,59,61)/t26-,31+,37?/m1/s1. The first-order chi connectivity index (χ1) is 30.6. The monoisotopic (exact) mass is 886 g/mol. The summed E-state index contributed by atoms with van der Waals surface area (Å²) >= 11 is 0. The number of fused-ring (bicyclic) bond motifs is 2. The molecule has 340 valence electrons. The van der Waals surface area contributed by atoms with E-state index in [2.05, 4.69) is 25.9 Å². The third-order valence-corrected chi connectivity index (χ3v) is 11.9. The Morgan fingerprint density at radius 1 is 0.969 bits per heavy atom.